The third kappa shape index (κ3) is 3.68. The monoisotopic (exact) mass is 363 g/mol. The van der Waals surface area contributed by atoms with Crippen molar-refractivity contribution < 1.29 is 0 Å². The summed E-state index contributed by atoms with van der Waals surface area (Å²) in [5.41, 5.74) is 2.74. The van der Waals surface area contributed by atoms with Gasteiger partial charge >= 0.3 is 0 Å². The molecule has 0 bridgehead atoms. The van der Waals surface area contributed by atoms with Crippen molar-refractivity contribution in [1.82, 2.24) is 5.32 Å². The molecule has 0 heterocycles. The van der Waals surface area contributed by atoms with Crippen LogP contribution >= 0.6 is 27.5 Å². The minimum absolute atomic E-state index is 0.371. The van der Waals surface area contributed by atoms with Crippen LogP contribution in [0.5, 0.6) is 0 Å². The van der Waals surface area contributed by atoms with Crippen LogP contribution in [0.25, 0.3) is 0 Å². The molecule has 3 heteroatoms. The summed E-state index contributed by atoms with van der Waals surface area (Å²) in [4.78, 5) is 0. The quantitative estimate of drug-likeness (QED) is 0.734. The van der Waals surface area contributed by atoms with Crippen LogP contribution in [-0.2, 0) is 0 Å². The van der Waals surface area contributed by atoms with Crippen molar-refractivity contribution in [2.75, 3.05) is 0 Å². The highest BCUT2D eigenvalue weighted by molar-refractivity contribution is 9.10. The predicted octanol–water partition coefficient (Wildman–Crippen LogP) is 5.70. The van der Waals surface area contributed by atoms with E-state index < -0.39 is 0 Å². The maximum Gasteiger partial charge on any atom is 0.0406 e. The van der Waals surface area contributed by atoms with Crippen molar-refractivity contribution >= 4 is 27.5 Å². The number of hydrogen-bond donors (Lipinski definition) is 1. The van der Waals surface area contributed by atoms with Gasteiger partial charge in [0.2, 0.25) is 0 Å². The second-order valence-corrected chi connectivity index (χ2v) is 7.21. The van der Waals surface area contributed by atoms with Gasteiger partial charge < -0.3 is 5.32 Å². The van der Waals surface area contributed by atoms with E-state index in [-0.39, 0.29) is 0 Å². The normalized spacial score (nSPS) is 22.6. The summed E-state index contributed by atoms with van der Waals surface area (Å²) in [7, 11) is 0. The molecule has 110 valence electrons. The Bertz CT molecular complexity index is 605. The van der Waals surface area contributed by atoms with Crippen molar-refractivity contribution in [2.45, 2.75) is 37.8 Å². The first kappa shape index (κ1) is 15.1. The summed E-state index contributed by atoms with van der Waals surface area (Å²) < 4.78 is 1.17. The van der Waals surface area contributed by atoms with E-state index in [0.717, 1.165) is 5.02 Å². The molecule has 1 atom stereocenters. The molecule has 0 aromatic heterocycles. The minimum Gasteiger partial charge on any atom is -0.307 e. The molecule has 0 saturated heterocycles. The van der Waals surface area contributed by atoms with Crippen molar-refractivity contribution in [2.24, 2.45) is 0 Å². The zero-order valence-electron chi connectivity index (χ0n) is 12.0. The van der Waals surface area contributed by atoms with E-state index in [9.17, 15) is 0 Å². The molecule has 2 aromatic carbocycles. The SMILES string of the molecule is C[C@@H](NC1CC(c2cccc(Br)c2)C1)c1ccc(Cl)cc1. The van der Waals surface area contributed by atoms with Crippen LogP contribution in [0.2, 0.25) is 5.02 Å². The topological polar surface area (TPSA) is 12.0 Å². The van der Waals surface area contributed by atoms with Crippen LogP contribution in [0.1, 0.15) is 42.9 Å². The Kier molecular flexibility index (Phi) is 4.68. The van der Waals surface area contributed by atoms with E-state index in [4.69, 9.17) is 11.6 Å². The van der Waals surface area contributed by atoms with Gasteiger partial charge in [-0.25, -0.2) is 0 Å². The number of nitrogens with one attached hydrogen (secondary N) is 1. The lowest BCUT2D eigenvalue weighted by Gasteiger charge is -2.38. The van der Waals surface area contributed by atoms with Crippen molar-refractivity contribution in [1.29, 1.82) is 0 Å². The van der Waals surface area contributed by atoms with E-state index in [1.807, 2.05) is 12.1 Å². The lowest BCUT2D eigenvalue weighted by Crippen LogP contribution is -2.41. The van der Waals surface area contributed by atoms with Crippen molar-refractivity contribution in [3.63, 3.8) is 0 Å². The molecule has 0 aliphatic heterocycles. The first-order valence-electron chi connectivity index (χ1n) is 7.39. The fraction of sp³-hybridized carbons (Fsp3) is 0.333. The molecule has 1 aliphatic rings. The molecule has 1 nitrogen and oxygen atoms in total. The highest BCUT2D eigenvalue weighted by Crippen LogP contribution is 2.38. The summed E-state index contributed by atoms with van der Waals surface area (Å²) >= 11 is 9.49. The zero-order chi connectivity index (χ0) is 14.8. The molecule has 0 spiro atoms. The van der Waals surface area contributed by atoms with Gasteiger partial charge in [0.05, 0.1) is 0 Å². The van der Waals surface area contributed by atoms with Gasteiger partial charge in [-0.05, 0) is 61.1 Å². The van der Waals surface area contributed by atoms with Gasteiger partial charge in [0, 0.05) is 21.6 Å². The van der Waals surface area contributed by atoms with Gasteiger partial charge in [-0.3, -0.25) is 0 Å². The van der Waals surface area contributed by atoms with Crippen molar-refractivity contribution in [3.05, 3.63) is 69.2 Å². The Morgan fingerprint density at radius 2 is 1.86 bits per heavy atom. The molecular formula is C18H19BrClN. The second kappa shape index (κ2) is 6.51. The fourth-order valence-electron chi connectivity index (χ4n) is 2.99. The van der Waals surface area contributed by atoms with E-state index in [1.165, 1.54) is 28.4 Å². The first-order chi connectivity index (χ1) is 10.1. The van der Waals surface area contributed by atoms with Crippen LogP contribution in [-0.4, -0.2) is 6.04 Å². The van der Waals surface area contributed by atoms with Gasteiger partial charge in [-0.15, -0.1) is 0 Å². The van der Waals surface area contributed by atoms with Gasteiger partial charge in [0.1, 0.15) is 0 Å². The molecule has 1 aliphatic carbocycles. The lowest BCUT2D eigenvalue weighted by molar-refractivity contribution is 0.271. The number of rotatable bonds is 4. The Labute approximate surface area is 139 Å². The fourth-order valence-corrected chi connectivity index (χ4v) is 3.53. The smallest absolute Gasteiger partial charge is 0.0406 e. The van der Waals surface area contributed by atoms with Gasteiger partial charge in [0.15, 0.2) is 0 Å². The second-order valence-electron chi connectivity index (χ2n) is 5.86. The molecule has 0 radical (unpaired) electrons. The Morgan fingerprint density at radius 3 is 2.52 bits per heavy atom. The van der Waals surface area contributed by atoms with E-state index in [1.54, 1.807) is 0 Å². The Hall–Kier alpha value is -0.830. The van der Waals surface area contributed by atoms with Gasteiger partial charge in [0.25, 0.3) is 0 Å². The van der Waals surface area contributed by atoms with Crippen LogP contribution < -0.4 is 5.32 Å². The van der Waals surface area contributed by atoms with E-state index in [0.29, 0.717) is 18.0 Å². The number of hydrogen-bond acceptors (Lipinski definition) is 1. The number of halogens is 2. The average Bonchev–Trinajstić information content (AvgIpc) is 2.43. The number of benzene rings is 2. The first-order valence-corrected chi connectivity index (χ1v) is 8.56. The van der Waals surface area contributed by atoms with E-state index >= 15 is 0 Å². The molecule has 2 aromatic rings. The van der Waals surface area contributed by atoms with Crippen LogP contribution in [0, 0.1) is 0 Å². The highest BCUT2D eigenvalue weighted by Gasteiger charge is 2.31. The van der Waals surface area contributed by atoms with Crippen LogP contribution in [0.4, 0.5) is 0 Å². The van der Waals surface area contributed by atoms with E-state index in [2.05, 4.69) is 64.6 Å². The molecule has 21 heavy (non-hydrogen) atoms. The summed E-state index contributed by atoms with van der Waals surface area (Å²) in [6.07, 6.45) is 2.43. The largest absolute Gasteiger partial charge is 0.307 e. The highest BCUT2D eigenvalue weighted by atomic mass is 79.9. The average molecular weight is 365 g/mol. The zero-order valence-corrected chi connectivity index (χ0v) is 14.4. The Balaban J connectivity index is 1.54. The standard InChI is InChI=1S/C18H19BrClN/c1-12(13-5-7-17(20)8-6-13)21-18-10-15(11-18)14-3-2-4-16(19)9-14/h2-9,12,15,18,21H,10-11H2,1H3/t12-,15?,18?/m1/s1. The molecule has 3 rings (SSSR count). The third-order valence-corrected chi connectivity index (χ3v) is 5.06. The predicted molar refractivity (Wildman–Crippen MR) is 92.9 cm³/mol. The molecule has 1 saturated carbocycles. The molecule has 0 amide bonds. The summed E-state index contributed by atoms with van der Waals surface area (Å²) in [5, 5.41) is 4.51. The maximum absolute atomic E-state index is 5.94. The third-order valence-electron chi connectivity index (χ3n) is 4.31. The molecule has 0 unspecified atom stereocenters. The molecule has 1 N–H and O–H groups in total. The van der Waals surface area contributed by atoms with Gasteiger partial charge in [-0.2, -0.15) is 0 Å². The van der Waals surface area contributed by atoms with Crippen LogP contribution in [0.15, 0.2) is 53.0 Å². The summed E-state index contributed by atoms with van der Waals surface area (Å²) in [6.45, 7) is 2.22. The summed E-state index contributed by atoms with van der Waals surface area (Å²) in [5.74, 6) is 0.692. The molecular weight excluding hydrogens is 346 g/mol. The van der Waals surface area contributed by atoms with Crippen molar-refractivity contribution in [3.8, 4) is 0 Å². The van der Waals surface area contributed by atoms with Crippen LogP contribution in [0.3, 0.4) is 0 Å². The van der Waals surface area contributed by atoms with Gasteiger partial charge in [-0.1, -0.05) is 51.8 Å². The Morgan fingerprint density at radius 1 is 1.14 bits per heavy atom. The maximum atomic E-state index is 5.94. The summed E-state index contributed by atoms with van der Waals surface area (Å²) in [6, 6.07) is 17.8. The molecule has 1 fully saturated rings. The lowest BCUT2D eigenvalue weighted by atomic mass is 9.75. The minimum atomic E-state index is 0.371.